The Morgan fingerprint density at radius 1 is 0.828 bits per heavy atom. The number of benzene rings is 4. The molecule has 4 fully saturated rings. The van der Waals surface area contributed by atoms with Crippen molar-refractivity contribution >= 4 is 84.8 Å². The maximum absolute atomic E-state index is 14.2. The first-order chi connectivity index (χ1) is 41.8. The first-order valence-electron chi connectivity index (χ1n) is 30.0. The zero-order valence-corrected chi connectivity index (χ0v) is 50.4. The van der Waals surface area contributed by atoms with Gasteiger partial charge in [-0.05, 0) is 140 Å². The first-order valence-corrected chi connectivity index (χ1v) is 31.9. The molecule has 3 saturated heterocycles. The number of piperazine rings is 2. The van der Waals surface area contributed by atoms with Gasteiger partial charge in [0.15, 0.2) is 5.69 Å². The number of allylic oxidation sites excluding steroid dienone is 1. The van der Waals surface area contributed by atoms with Crippen LogP contribution in [0.4, 0.5) is 17.1 Å². The fraction of sp³-hybridized carbons (Fsp3) is 0.406. The number of nitrogens with one attached hydrogen (secondary N) is 5. The van der Waals surface area contributed by atoms with Gasteiger partial charge in [0.05, 0.1) is 33.5 Å². The third kappa shape index (κ3) is 13.2. The largest absolute Gasteiger partial charge is 0.595 e. The molecule has 456 valence electrons. The molecule has 2 aromatic heterocycles. The van der Waals surface area contributed by atoms with Crippen molar-refractivity contribution in [2.24, 2.45) is 11.3 Å². The fourth-order valence-corrected chi connectivity index (χ4v) is 14.5. The van der Waals surface area contributed by atoms with E-state index >= 15 is 0 Å². The lowest BCUT2D eigenvalue weighted by Crippen LogP contribution is -2.99. The summed E-state index contributed by atoms with van der Waals surface area (Å²) in [5.74, 6) is -2.33. The lowest BCUT2D eigenvalue weighted by atomic mass is 9.72. The number of sulfonamides is 1. The molecule has 21 nitrogen and oxygen atoms in total. The number of ether oxygens (including phenoxy) is 1. The van der Waals surface area contributed by atoms with Gasteiger partial charge in [0, 0.05) is 119 Å². The van der Waals surface area contributed by atoms with E-state index in [1.807, 2.05) is 24.3 Å². The number of rotatable bonds is 17. The molecule has 6 heterocycles. The summed E-state index contributed by atoms with van der Waals surface area (Å²) in [5.41, 5.74) is 7.16. The summed E-state index contributed by atoms with van der Waals surface area (Å²) in [5, 5.41) is 28.8. The van der Waals surface area contributed by atoms with Crippen molar-refractivity contribution in [1.29, 1.82) is 0 Å². The van der Waals surface area contributed by atoms with E-state index in [-0.39, 0.29) is 62.9 Å². The molecular weight excluding hydrogens is 1150 g/mol. The maximum Gasteiger partial charge on any atom is 0.268 e. The van der Waals surface area contributed by atoms with Crippen molar-refractivity contribution in [3.05, 3.63) is 147 Å². The number of quaternary nitrogens is 1. The third-order valence-electron chi connectivity index (χ3n) is 18.3. The van der Waals surface area contributed by atoms with Gasteiger partial charge in [-0.3, -0.25) is 48.9 Å². The van der Waals surface area contributed by atoms with E-state index < -0.39 is 50.8 Å². The topological polar surface area (TPSA) is 257 Å². The average Bonchev–Trinajstić information content (AvgIpc) is 2.03. The van der Waals surface area contributed by atoms with Crippen LogP contribution in [0.15, 0.2) is 114 Å². The summed E-state index contributed by atoms with van der Waals surface area (Å²) in [6.45, 7) is 13.0. The minimum absolute atomic E-state index is 0.0412. The number of carbonyl (C=O) groups is 5. The molecule has 23 heteroatoms. The van der Waals surface area contributed by atoms with Gasteiger partial charge in [-0.2, -0.15) is 5.23 Å². The van der Waals surface area contributed by atoms with Crippen molar-refractivity contribution in [2.75, 3.05) is 75.7 Å². The van der Waals surface area contributed by atoms with Crippen molar-refractivity contribution in [3.63, 3.8) is 0 Å². The van der Waals surface area contributed by atoms with Crippen molar-refractivity contribution in [3.8, 4) is 11.5 Å². The minimum atomic E-state index is -4.60. The van der Waals surface area contributed by atoms with Crippen LogP contribution < -0.4 is 30.2 Å². The highest BCUT2D eigenvalue weighted by molar-refractivity contribution is 7.90. The van der Waals surface area contributed by atoms with Crippen molar-refractivity contribution in [1.82, 2.24) is 39.6 Å². The Kier molecular flexibility index (Phi) is 17.1. The highest BCUT2D eigenvalue weighted by atomic mass is 35.5. The van der Waals surface area contributed by atoms with Crippen LogP contribution in [-0.4, -0.2) is 150 Å². The zero-order chi connectivity index (χ0) is 60.7. The number of piperidine rings is 1. The van der Waals surface area contributed by atoms with E-state index in [0.717, 1.165) is 123 Å². The molecule has 4 aromatic carbocycles. The molecule has 2 atom stereocenters. The number of H-pyrrole nitrogens is 1. The molecule has 1 saturated carbocycles. The number of halogens is 1. The van der Waals surface area contributed by atoms with Gasteiger partial charge in [-0.15, -0.1) is 0 Å². The number of hydrogen-bond acceptors (Lipinski definition) is 16. The van der Waals surface area contributed by atoms with Crippen LogP contribution in [0.1, 0.15) is 114 Å². The molecule has 4 aliphatic heterocycles. The second-order valence-electron chi connectivity index (χ2n) is 24.7. The molecule has 6 aromatic rings. The molecule has 2 aliphatic carbocycles. The normalized spacial score (nSPS) is 21.9. The molecule has 2 unspecified atom stereocenters. The fourth-order valence-electron chi connectivity index (χ4n) is 13.4. The summed E-state index contributed by atoms with van der Waals surface area (Å²) in [6.07, 6.45) is 10.4. The van der Waals surface area contributed by atoms with E-state index in [2.05, 4.69) is 70.9 Å². The number of nitrogens with zero attached hydrogens (tertiary/aromatic N) is 6. The monoisotopic (exact) mass is 1220 g/mol. The Morgan fingerprint density at radius 3 is 2.31 bits per heavy atom. The number of amides is 5. The standard InChI is InChI=1S/C64H72ClN11O10S/c1-64(2)21-19-44(53(35-64)42-6-8-45(65)9-7-42)39-72-25-29-74(30-26-72)47-12-15-51(57(33-47)86-48-32-43-20-22-66-59(43)68-37-48)60(78)70-87(84,85)49-13-16-54(56(34-49)76(82)83)67-36-40-3-10-46(11-4-40)73-27-23-71(24-28-73)38-41-5-14-50-52(31-41)63(81)75(62(50)80)55-17-18-58(77)69-61(55)79/h5-9,12-16,20,22,31-34,37,40,46,55,67,76,82H,3-4,10-11,17-19,21,23-30,35-36,38-39H2,1-2H3,(H,66,68)(H,70,78)(H,69,77,79). The Hall–Kier alpha value is -7.54. The molecule has 12 rings (SSSR count). The predicted octanol–water partition coefficient (Wildman–Crippen LogP) is 7.51. The SMILES string of the molecule is CC1(C)CCC(CN2CCN(c3ccc(C(=O)NS(=O)(=O)c4ccc(NCC5CCC(N6CCN(Cc7ccc8c(c7)C(=O)N(C7CCC(=O)NC7=O)C8=O)CC6)CC5)c([NH+]([O-])O)c4)c(Oc4cnc5[nH]ccc5c4)c3)CC2)=C(c2ccc(Cl)cc2)C1. The molecule has 87 heavy (non-hydrogen) atoms. The van der Waals surface area contributed by atoms with E-state index in [4.69, 9.17) is 16.3 Å². The first kappa shape index (κ1) is 59.8. The number of carbonyl (C=O) groups excluding carboxylic acids is 5. The number of anilines is 2. The molecule has 0 spiro atoms. The second kappa shape index (κ2) is 24.9. The summed E-state index contributed by atoms with van der Waals surface area (Å²) in [7, 11) is -4.60. The lowest BCUT2D eigenvalue weighted by Gasteiger charge is -2.42. The summed E-state index contributed by atoms with van der Waals surface area (Å²) in [4.78, 5) is 82.7. The number of fused-ring (bicyclic) bond motifs is 2. The van der Waals surface area contributed by atoms with Crippen LogP contribution in [0, 0.1) is 16.5 Å². The number of aromatic nitrogens is 2. The Morgan fingerprint density at radius 2 is 1.56 bits per heavy atom. The maximum atomic E-state index is 14.2. The van der Waals surface area contributed by atoms with Gasteiger partial charge in [0.1, 0.15) is 23.2 Å². The lowest BCUT2D eigenvalue weighted by molar-refractivity contribution is -0.990. The smallest absolute Gasteiger partial charge is 0.268 e. The van der Waals surface area contributed by atoms with Crippen LogP contribution in [0.2, 0.25) is 5.02 Å². The van der Waals surface area contributed by atoms with E-state index in [1.165, 1.54) is 35.0 Å². The van der Waals surface area contributed by atoms with Crippen molar-refractivity contribution < 1.29 is 47.6 Å². The van der Waals surface area contributed by atoms with Gasteiger partial charge in [0.25, 0.3) is 27.7 Å². The highest BCUT2D eigenvalue weighted by Gasteiger charge is 2.45. The molecule has 0 radical (unpaired) electrons. The Balaban J connectivity index is 0.647. The Bertz CT molecular complexity index is 3790. The number of aromatic amines is 1. The van der Waals surface area contributed by atoms with E-state index in [0.29, 0.717) is 43.6 Å². The van der Waals surface area contributed by atoms with Crippen LogP contribution in [0.3, 0.4) is 0 Å². The second-order valence-corrected chi connectivity index (χ2v) is 26.8. The summed E-state index contributed by atoms with van der Waals surface area (Å²) >= 11 is 6.28. The molecule has 6 N–H and O–H groups in total. The van der Waals surface area contributed by atoms with Gasteiger partial charge < -0.3 is 25.1 Å². The van der Waals surface area contributed by atoms with Crippen LogP contribution in [0.25, 0.3) is 16.6 Å². The number of pyridine rings is 1. The molecule has 0 bridgehead atoms. The summed E-state index contributed by atoms with van der Waals surface area (Å²) in [6, 6.07) is 25.3. The molecule has 6 aliphatic rings. The van der Waals surface area contributed by atoms with Crippen LogP contribution in [0.5, 0.6) is 11.5 Å². The van der Waals surface area contributed by atoms with Gasteiger partial charge in [-0.1, -0.05) is 49.2 Å². The van der Waals surface area contributed by atoms with Crippen LogP contribution in [-0.2, 0) is 26.2 Å². The van der Waals surface area contributed by atoms with Gasteiger partial charge in [0.2, 0.25) is 11.8 Å². The van der Waals surface area contributed by atoms with Crippen LogP contribution >= 0.6 is 11.6 Å². The predicted molar refractivity (Wildman–Crippen MR) is 328 cm³/mol. The third-order valence-corrected chi connectivity index (χ3v) is 19.9. The number of imide groups is 2. The summed E-state index contributed by atoms with van der Waals surface area (Å²) < 4.78 is 36.7. The Labute approximate surface area is 510 Å². The quantitative estimate of drug-likeness (QED) is 0.0382. The van der Waals surface area contributed by atoms with Crippen molar-refractivity contribution in [2.45, 2.75) is 95.2 Å². The minimum Gasteiger partial charge on any atom is -0.595 e. The van der Waals surface area contributed by atoms with E-state index in [9.17, 15) is 42.8 Å². The van der Waals surface area contributed by atoms with Gasteiger partial charge in [-0.25, -0.2) is 23.3 Å². The molecular formula is C64H72ClN11O10S. The number of hydrogen-bond donors (Lipinski definition) is 6. The molecule has 5 amide bonds. The zero-order valence-electron chi connectivity index (χ0n) is 48.8. The highest BCUT2D eigenvalue weighted by Crippen LogP contribution is 2.44. The average molecular weight is 1220 g/mol. The van der Waals surface area contributed by atoms with E-state index in [1.54, 1.807) is 42.6 Å². The van der Waals surface area contributed by atoms with Gasteiger partial charge >= 0.3 is 0 Å².